The molecule has 0 heterocycles. The Kier molecular flexibility index (Phi) is 11.3. The maximum absolute atomic E-state index is 10.7. The van der Waals surface area contributed by atoms with Crippen molar-refractivity contribution in [3.8, 4) is 0 Å². The Labute approximate surface area is 103 Å². The number of carbonyl (C=O) groups excluding carboxylic acids is 1. The Balaban J connectivity index is 3.01. The minimum absolute atomic E-state index is 0.0286. The van der Waals surface area contributed by atoms with Crippen LogP contribution in [-0.2, 0) is 23.7 Å². The van der Waals surface area contributed by atoms with Crippen molar-refractivity contribution in [2.75, 3.05) is 67.4 Å². The predicted molar refractivity (Wildman–Crippen MR) is 63.0 cm³/mol. The molecule has 0 radical (unpaired) electrons. The number of hydrogen-bond donors (Lipinski definition) is 0. The van der Waals surface area contributed by atoms with Crippen LogP contribution in [0.4, 0.5) is 0 Å². The molecule has 6 nitrogen and oxygen atoms in total. The summed E-state index contributed by atoms with van der Waals surface area (Å²) in [5, 5.41) is 0. The first-order valence-corrected chi connectivity index (χ1v) is 5.61. The highest BCUT2D eigenvalue weighted by Crippen LogP contribution is 1.83. The van der Waals surface area contributed by atoms with Gasteiger partial charge in [0, 0.05) is 6.54 Å². The molecule has 0 saturated carbocycles. The summed E-state index contributed by atoms with van der Waals surface area (Å²) >= 11 is 0. The molecular weight excluding hydrogens is 226 g/mol. The van der Waals surface area contributed by atoms with Crippen LogP contribution in [0.15, 0.2) is 0 Å². The van der Waals surface area contributed by atoms with Crippen LogP contribution >= 0.6 is 0 Å². The van der Waals surface area contributed by atoms with E-state index in [1.807, 2.05) is 14.1 Å². The summed E-state index contributed by atoms with van der Waals surface area (Å²) in [5.41, 5.74) is 0. The van der Waals surface area contributed by atoms with Crippen molar-refractivity contribution in [1.29, 1.82) is 0 Å². The predicted octanol–water partition coefficient (Wildman–Crippen LogP) is -0.229. The summed E-state index contributed by atoms with van der Waals surface area (Å²) in [4.78, 5) is 12.7. The second-order valence-electron chi connectivity index (χ2n) is 3.66. The number of methoxy groups -OCH3 is 1. The van der Waals surface area contributed by atoms with Crippen LogP contribution in [0.2, 0.25) is 0 Å². The number of nitrogens with zero attached hydrogens (tertiary/aromatic N) is 1. The molecule has 0 aliphatic rings. The summed E-state index contributed by atoms with van der Waals surface area (Å²) in [7, 11) is 5.32. The first-order valence-electron chi connectivity index (χ1n) is 5.61. The van der Waals surface area contributed by atoms with Crippen LogP contribution in [-0.4, -0.2) is 78.3 Å². The van der Waals surface area contributed by atoms with Crippen molar-refractivity contribution < 1.29 is 23.7 Å². The second-order valence-corrected chi connectivity index (χ2v) is 3.66. The summed E-state index contributed by atoms with van der Waals surface area (Å²) in [5.74, 6) is -0.378. The molecule has 0 spiro atoms. The van der Waals surface area contributed by atoms with Gasteiger partial charge in [-0.2, -0.15) is 0 Å². The third-order valence-electron chi connectivity index (χ3n) is 1.87. The molecule has 17 heavy (non-hydrogen) atoms. The highest BCUT2D eigenvalue weighted by molar-refractivity contribution is 5.70. The number of likely N-dealkylation sites (N-methyl/N-ethyl adjacent to an activating group) is 1. The van der Waals surface area contributed by atoms with Gasteiger partial charge < -0.3 is 23.8 Å². The Morgan fingerprint density at radius 1 is 0.941 bits per heavy atom. The quantitative estimate of drug-likeness (QED) is 0.372. The minimum Gasteiger partial charge on any atom is -0.467 e. The number of carbonyl (C=O) groups is 1. The van der Waals surface area contributed by atoms with E-state index < -0.39 is 0 Å². The van der Waals surface area contributed by atoms with Gasteiger partial charge in [0.2, 0.25) is 0 Å². The van der Waals surface area contributed by atoms with Gasteiger partial charge in [0.1, 0.15) is 6.61 Å². The van der Waals surface area contributed by atoms with E-state index >= 15 is 0 Å². The van der Waals surface area contributed by atoms with Crippen LogP contribution in [0.1, 0.15) is 0 Å². The lowest BCUT2D eigenvalue weighted by molar-refractivity contribution is -0.146. The highest BCUT2D eigenvalue weighted by atomic mass is 16.6. The molecule has 0 aromatic heterocycles. The van der Waals surface area contributed by atoms with E-state index in [0.717, 1.165) is 6.54 Å². The molecule has 0 N–H and O–H groups in total. The fraction of sp³-hybridized carbons (Fsp3) is 0.909. The van der Waals surface area contributed by atoms with E-state index in [4.69, 9.17) is 14.2 Å². The number of ether oxygens (including phenoxy) is 4. The zero-order chi connectivity index (χ0) is 12.9. The summed E-state index contributed by atoms with van der Waals surface area (Å²) in [6.45, 7) is 3.53. The minimum atomic E-state index is -0.378. The lowest BCUT2D eigenvalue weighted by Gasteiger charge is -2.10. The van der Waals surface area contributed by atoms with E-state index in [-0.39, 0.29) is 12.6 Å². The normalized spacial score (nSPS) is 10.8. The van der Waals surface area contributed by atoms with Gasteiger partial charge in [-0.25, -0.2) is 4.79 Å². The van der Waals surface area contributed by atoms with Gasteiger partial charge in [-0.05, 0) is 14.1 Å². The SMILES string of the molecule is COC(=O)COCCOCCOCCN(C)C. The average Bonchev–Trinajstić information content (AvgIpc) is 2.30. The molecule has 0 aromatic carbocycles. The fourth-order valence-electron chi connectivity index (χ4n) is 0.901. The van der Waals surface area contributed by atoms with Crippen LogP contribution in [0.25, 0.3) is 0 Å². The molecular formula is C11H23NO5. The van der Waals surface area contributed by atoms with Crippen molar-refractivity contribution >= 4 is 5.97 Å². The molecule has 102 valence electrons. The Morgan fingerprint density at radius 3 is 2.00 bits per heavy atom. The molecule has 0 rings (SSSR count). The number of hydrogen-bond acceptors (Lipinski definition) is 6. The molecule has 0 fully saturated rings. The second kappa shape index (κ2) is 11.8. The summed E-state index contributed by atoms with van der Waals surface area (Å²) < 4.78 is 20.0. The summed E-state index contributed by atoms with van der Waals surface area (Å²) in [6, 6.07) is 0. The van der Waals surface area contributed by atoms with Crippen molar-refractivity contribution in [1.82, 2.24) is 4.90 Å². The highest BCUT2D eigenvalue weighted by Gasteiger charge is 1.98. The van der Waals surface area contributed by atoms with Crippen molar-refractivity contribution in [3.05, 3.63) is 0 Å². The van der Waals surface area contributed by atoms with Crippen LogP contribution < -0.4 is 0 Å². The average molecular weight is 249 g/mol. The molecule has 0 saturated heterocycles. The van der Waals surface area contributed by atoms with Gasteiger partial charge in [-0.1, -0.05) is 0 Å². The Morgan fingerprint density at radius 2 is 1.47 bits per heavy atom. The third-order valence-corrected chi connectivity index (χ3v) is 1.87. The Bertz CT molecular complexity index is 187. The van der Waals surface area contributed by atoms with Crippen LogP contribution in [0.3, 0.4) is 0 Å². The lowest BCUT2D eigenvalue weighted by Crippen LogP contribution is -2.19. The zero-order valence-electron chi connectivity index (χ0n) is 10.9. The molecule has 0 aliphatic heterocycles. The van der Waals surface area contributed by atoms with Gasteiger partial charge >= 0.3 is 5.97 Å². The molecule has 0 atom stereocenters. The van der Waals surface area contributed by atoms with Gasteiger partial charge in [-0.3, -0.25) is 0 Å². The molecule has 0 aliphatic carbocycles. The van der Waals surface area contributed by atoms with Crippen LogP contribution in [0.5, 0.6) is 0 Å². The van der Waals surface area contributed by atoms with E-state index in [1.54, 1.807) is 0 Å². The molecule has 0 unspecified atom stereocenters. The first-order chi connectivity index (χ1) is 8.16. The van der Waals surface area contributed by atoms with Crippen molar-refractivity contribution in [3.63, 3.8) is 0 Å². The van der Waals surface area contributed by atoms with Crippen LogP contribution in [0, 0.1) is 0 Å². The topological polar surface area (TPSA) is 57.2 Å². The molecule has 0 aromatic rings. The maximum Gasteiger partial charge on any atom is 0.331 e. The maximum atomic E-state index is 10.7. The van der Waals surface area contributed by atoms with E-state index in [0.29, 0.717) is 33.0 Å². The number of rotatable bonds is 11. The standard InChI is InChI=1S/C11H23NO5/c1-12(2)4-5-15-6-7-16-8-9-17-10-11(13)14-3/h4-10H2,1-3H3. The smallest absolute Gasteiger partial charge is 0.331 e. The fourth-order valence-corrected chi connectivity index (χ4v) is 0.901. The monoisotopic (exact) mass is 249 g/mol. The van der Waals surface area contributed by atoms with E-state index in [9.17, 15) is 4.79 Å². The van der Waals surface area contributed by atoms with Gasteiger partial charge in [-0.15, -0.1) is 0 Å². The third kappa shape index (κ3) is 13.2. The van der Waals surface area contributed by atoms with Gasteiger partial charge in [0.05, 0.1) is 40.1 Å². The molecule has 6 heteroatoms. The lowest BCUT2D eigenvalue weighted by atomic mass is 10.6. The van der Waals surface area contributed by atoms with E-state index in [1.165, 1.54) is 7.11 Å². The van der Waals surface area contributed by atoms with Gasteiger partial charge in [0.15, 0.2) is 0 Å². The Hall–Kier alpha value is -0.690. The largest absolute Gasteiger partial charge is 0.467 e. The van der Waals surface area contributed by atoms with E-state index in [2.05, 4.69) is 9.64 Å². The zero-order valence-corrected chi connectivity index (χ0v) is 10.9. The van der Waals surface area contributed by atoms with Crippen molar-refractivity contribution in [2.45, 2.75) is 0 Å². The summed E-state index contributed by atoms with van der Waals surface area (Å²) in [6.07, 6.45) is 0. The van der Waals surface area contributed by atoms with Gasteiger partial charge in [0.25, 0.3) is 0 Å². The molecule has 0 amide bonds. The number of esters is 1. The molecule has 0 bridgehead atoms. The van der Waals surface area contributed by atoms with Crippen molar-refractivity contribution in [2.24, 2.45) is 0 Å². The first kappa shape index (κ1) is 16.3.